The highest BCUT2D eigenvalue weighted by Crippen LogP contribution is 2.31. The third-order valence-corrected chi connectivity index (χ3v) is 5.36. The Kier molecular flexibility index (Phi) is 6.26. The highest BCUT2D eigenvalue weighted by Gasteiger charge is 2.21. The van der Waals surface area contributed by atoms with Crippen molar-refractivity contribution in [3.05, 3.63) is 59.9 Å². The maximum atomic E-state index is 11.6. The van der Waals surface area contributed by atoms with Crippen LogP contribution in [0.3, 0.4) is 0 Å². The molecule has 0 radical (unpaired) electrons. The number of nitrogens with zero attached hydrogens (tertiary/aromatic N) is 4. The number of anilines is 2. The van der Waals surface area contributed by atoms with E-state index in [2.05, 4.69) is 25.8 Å². The Balaban J connectivity index is 1.51. The SMILES string of the molecule is COCC(=O)Nc1ccc(SN2C=C(Nc3cc(C)[nH]n3)n3cc(CO)nc3C2)cc1. The van der Waals surface area contributed by atoms with E-state index in [0.29, 0.717) is 23.7 Å². The van der Waals surface area contributed by atoms with Crippen LogP contribution in [0.15, 0.2) is 47.6 Å². The first-order valence-electron chi connectivity index (χ1n) is 9.56. The van der Waals surface area contributed by atoms with Crippen molar-refractivity contribution >= 4 is 35.2 Å². The molecule has 11 heteroatoms. The summed E-state index contributed by atoms with van der Waals surface area (Å²) in [5.74, 6) is 2.07. The van der Waals surface area contributed by atoms with Gasteiger partial charge >= 0.3 is 0 Å². The van der Waals surface area contributed by atoms with Crippen molar-refractivity contribution in [2.24, 2.45) is 0 Å². The van der Waals surface area contributed by atoms with Crippen LogP contribution in [0.4, 0.5) is 11.5 Å². The number of nitrogens with one attached hydrogen (secondary N) is 3. The second kappa shape index (κ2) is 9.25. The Morgan fingerprint density at radius 2 is 2.16 bits per heavy atom. The molecule has 0 saturated carbocycles. The summed E-state index contributed by atoms with van der Waals surface area (Å²) in [5.41, 5.74) is 2.26. The molecule has 0 aliphatic carbocycles. The molecule has 0 bridgehead atoms. The number of rotatable bonds is 8. The van der Waals surface area contributed by atoms with E-state index < -0.39 is 0 Å². The zero-order chi connectivity index (χ0) is 21.8. The molecule has 2 aromatic heterocycles. The molecular weight excluding hydrogens is 418 g/mol. The van der Waals surface area contributed by atoms with E-state index in [9.17, 15) is 9.90 Å². The number of carbonyl (C=O) groups excluding carboxylic acids is 1. The van der Waals surface area contributed by atoms with Crippen LogP contribution < -0.4 is 10.6 Å². The molecule has 1 amide bonds. The molecule has 1 aliphatic rings. The predicted octanol–water partition coefficient (Wildman–Crippen LogP) is 2.38. The minimum atomic E-state index is -0.197. The maximum absolute atomic E-state index is 11.6. The van der Waals surface area contributed by atoms with Crippen LogP contribution >= 0.6 is 11.9 Å². The lowest BCUT2D eigenvalue weighted by Gasteiger charge is -2.26. The molecule has 1 aliphatic heterocycles. The Morgan fingerprint density at radius 1 is 1.35 bits per heavy atom. The van der Waals surface area contributed by atoms with Crippen molar-refractivity contribution in [1.29, 1.82) is 0 Å². The molecule has 162 valence electrons. The Labute approximate surface area is 183 Å². The van der Waals surface area contributed by atoms with E-state index in [-0.39, 0.29) is 19.1 Å². The number of hydrogen-bond donors (Lipinski definition) is 4. The number of aliphatic hydroxyl groups excluding tert-OH is 1. The molecule has 1 aromatic carbocycles. The van der Waals surface area contributed by atoms with Crippen molar-refractivity contribution in [3.8, 4) is 0 Å². The Hall–Kier alpha value is -3.28. The topological polar surface area (TPSA) is 120 Å². The Morgan fingerprint density at radius 3 is 2.84 bits per heavy atom. The highest BCUT2D eigenvalue weighted by atomic mass is 32.2. The largest absolute Gasteiger partial charge is 0.390 e. The fourth-order valence-electron chi connectivity index (χ4n) is 3.08. The van der Waals surface area contributed by atoms with Gasteiger partial charge in [-0.15, -0.1) is 0 Å². The van der Waals surface area contributed by atoms with Crippen LogP contribution in [-0.2, 0) is 22.7 Å². The normalized spacial score (nSPS) is 13.0. The number of benzene rings is 1. The minimum absolute atomic E-state index is 0.0167. The fraction of sp³-hybridized carbons (Fsp3) is 0.250. The molecule has 0 atom stereocenters. The number of H-pyrrole nitrogens is 1. The molecule has 0 spiro atoms. The highest BCUT2D eigenvalue weighted by molar-refractivity contribution is 7.97. The molecule has 31 heavy (non-hydrogen) atoms. The van der Waals surface area contributed by atoms with Gasteiger partial charge in [-0.25, -0.2) is 4.98 Å². The van der Waals surface area contributed by atoms with Gasteiger partial charge in [0.1, 0.15) is 18.3 Å². The first-order valence-corrected chi connectivity index (χ1v) is 10.3. The first-order chi connectivity index (χ1) is 15.0. The number of aryl methyl sites for hydroxylation is 1. The number of aliphatic hydroxyl groups is 1. The number of fused-ring (bicyclic) bond motifs is 1. The van der Waals surface area contributed by atoms with Gasteiger partial charge in [-0.1, -0.05) is 0 Å². The minimum Gasteiger partial charge on any atom is -0.390 e. The lowest BCUT2D eigenvalue weighted by molar-refractivity contribution is -0.119. The summed E-state index contributed by atoms with van der Waals surface area (Å²) in [6.45, 7) is 2.38. The number of aromatic nitrogens is 4. The van der Waals surface area contributed by atoms with Crippen LogP contribution in [-0.4, -0.2) is 48.8 Å². The standard InChI is InChI=1S/C20H23N7O3S/c1-13-7-17(25-24-13)23-19-10-26(9-18-21-15(11-28)8-27(18)19)31-16-5-3-14(4-6-16)22-20(29)12-30-2/h3-8,10,28H,9,11-12H2,1-2H3,(H,22,29)(H2,23,24,25). The number of amides is 1. The van der Waals surface area contributed by atoms with Gasteiger partial charge in [-0.2, -0.15) is 5.10 Å². The monoisotopic (exact) mass is 441 g/mol. The van der Waals surface area contributed by atoms with Gasteiger partial charge in [0, 0.05) is 35.6 Å². The average Bonchev–Trinajstić information content (AvgIpc) is 3.35. The number of imidazole rings is 1. The summed E-state index contributed by atoms with van der Waals surface area (Å²) in [4.78, 5) is 17.2. The van der Waals surface area contributed by atoms with E-state index in [4.69, 9.17) is 4.74 Å². The first kappa shape index (κ1) is 21.0. The quantitative estimate of drug-likeness (QED) is 0.393. The van der Waals surface area contributed by atoms with Crippen molar-refractivity contribution in [1.82, 2.24) is 24.1 Å². The summed E-state index contributed by atoms with van der Waals surface area (Å²) in [6, 6.07) is 9.48. The molecule has 10 nitrogen and oxygen atoms in total. The second-order valence-corrected chi connectivity index (χ2v) is 8.05. The van der Waals surface area contributed by atoms with Gasteiger partial charge in [-0.05, 0) is 43.1 Å². The van der Waals surface area contributed by atoms with Crippen LogP contribution in [0.2, 0.25) is 0 Å². The third kappa shape index (κ3) is 5.08. The number of aromatic amines is 1. The number of carbonyl (C=O) groups is 1. The van der Waals surface area contributed by atoms with Gasteiger partial charge in [0.05, 0.1) is 25.0 Å². The van der Waals surface area contributed by atoms with Crippen molar-refractivity contribution < 1.29 is 14.6 Å². The number of ether oxygens (including phenoxy) is 1. The molecule has 3 aromatic rings. The number of methoxy groups -OCH3 is 1. The van der Waals surface area contributed by atoms with Crippen molar-refractivity contribution in [3.63, 3.8) is 0 Å². The smallest absolute Gasteiger partial charge is 0.250 e. The van der Waals surface area contributed by atoms with E-state index in [0.717, 1.165) is 22.2 Å². The van der Waals surface area contributed by atoms with Crippen LogP contribution in [0.25, 0.3) is 5.82 Å². The molecular formula is C20H23N7O3S. The van der Waals surface area contributed by atoms with Gasteiger partial charge in [0.2, 0.25) is 5.91 Å². The molecule has 0 saturated heterocycles. The fourth-order valence-corrected chi connectivity index (χ4v) is 3.94. The third-order valence-electron chi connectivity index (χ3n) is 4.41. The zero-order valence-electron chi connectivity index (χ0n) is 17.1. The van der Waals surface area contributed by atoms with E-state index >= 15 is 0 Å². The number of hydrogen-bond acceptors (Lipinski definition) is 8. The molecule has 0 unspecified atom stereocenters. The van der Waals surface area contributed by atoms with E-state index in [1.165, 1.54) is 19.1 Å². The van der Waals surface area contributed by atoms with Crippen LogP contribution in [0.1, 0.15) is 17.2 Å². The summed E-state index contributed by atoms with van der Waals surface area (Å²) >= 11 is 1.54. The van der Waals surface area contributed by atoms with Gasteiger partial charge in [-0.3, -0.25) is 14.5 Å². The molecule has 4 N–H and O–H groups in total. The van der Waals surface area contributed by atoms with E-state index in [1.807, 2.05) is 58.5 Å². The van der Waals surface area contributed by atoms with Gasteiger partial charge < -0.3 is 24.8 Å². The van der Waals surface area contributed by atoms with Crippen LogP contribution in [0, 0.1) is 6.92 Å². The molecule has 0 fully saturated rings. The van der Waals surface area contributed by atoms with Crippen molar-refractivity contribution in [2.45, 2.75) is 25.0 Å². The Bertz CT molecular complexity index is 1090. The lowest BCUT2D eigenvalue weighted by Crippen LogP contribution is -2.23. The van der Waals surface area contributed by atoms with Crippen LogP contribution in [0.5, 0.6) is 0 Å². The summed E-state index contributed by atoms with van der Waals surface area (Å²) in [7, 11) is 1.48. The second-order valence-electron chi connectivity index (χ2n) is 6.92. The molecule has 3 heterocycles. The summed E-state index contributed by atoms with van der Waals surface area (Å²) < 4.78 is 8.79. The zero-order valence-corrected chi connectivity index (χ0v) is 17.9. The van der Waals surface area contributed by atoms with Crippen molar-refractivity contribution in [2.75, 3.05) is 24.4 Å². The maximum Gasteiger partial charge on any atom is 0.250 e. The lowest BCUT2D eigenvalue weighted by atomic mass is 10.3. The summed E-state index contributed by atoms with van der Waals surface area (Å²) in [6.07, 6.45) is 3.78. The van der Waals surface area contributed by atoms with Gasteiger partial charge in [0.25, 0.3) is 0 Å². The predicted molar refractivity (Wildman–Crippen MR) is 118 cm³/mol. The average molecular weight is 442 g/mol. The van der Waals surface area contributed by atoms with Gasteiger partial charge in [0.15, 0.2) is 5.82 Å². The molecule has 4 rings (SSSR count). The van der Waals surface area contributed by atoms with E-state index in [1.54, 1.807) is 0 Å². The summed E-state index contributed by atoms with van der Waals surface area (Å²) in [5, 5.41) is 22.7.